The molecule has 0 saturated carbocycles. The average Bonchev–Trinajstić information content (AvgIpc) is 2.91. The molecule has 0 amide bonds. The van der Waals surface area contributed by atoms with E-state index in [1.807, 2.05) is 13.0 Å². The Morgan fingerprint density at radius 2 is 1.90 bits per heavy atom. The molecule has 3 rings (SSSR count). The minimum Gasteiger partial charge on any atom is -0.375 e. The van der Waals surface area contributed by atoms with Gasteiger partial charge in [0.15, 0.2) is 0 Å². The van der Waals surface area contributed by atoms with Crippen LogP contribution in [-0.4, -0.2) is 8.75 Å². The number of fused-ring (bicyclic) bond motifs is 1. The number of aromatic nitrogens is 2. The van der Waals surface area contributed by atoms with Crippen molar-refractivity contribution in [2.45, 2.75) is 13.0 Å². The molecular weight excluding hydrogens is 297 g/mol. The number of nitrogens with one attached hydrogen (secondary N) is 1. The quantitative estimate of drug-likeness (QED) is 0.765. The predicted octanol–water partition coefficient (Wildman–Crippen LogP) is 4.66. The van der Waals surface area contributed by atoms with E-state index < -0.39 is 0 Å². The third-order valence-corrected chi connectivity index (χ3v) is 3.97. The first-order valence-corrected chi connectivity index (χ1v) is 7.19. The maximum absolute atomic E-state index is 12.9. The zero-order valence-corrected chi connectivity index (χ0v) is 12.2. The van der Waals surface area contributed by atoms with Gasteiger partial charge in [0.1, 0.15) is 16.9 Å². The largest absolute Gasteiger partial charge is 0.375 e. The Bertz CT molecular complexity index is 742. The van der Waals surface area contributed by atoms with Crippen LogP contribution in [0.1, 0.15) is 18.5 Å². The van der Waals surface area contributed by atoms with Gasteiger partial charge in [-0.2, -0.15) is 8.75 Å². The van der Waals surface area contributed by atoms with Crippen molar-refractivity contribution in [2.75, 3.05) is 5.32 Å². The zero-order chi connectivity index (χ0) is 14.1. The van der Waals surface area contributed by atoms with Crippen molar-refractivity contribution in [1.82, 2.24) is 8.75 Å². The molecule has 1 N–H and O–H groups in total. The molecule has 0 spiro atoms. The Balaban J connectivity index is 1.94. The highest BCUT2D eigenvalue weighted by Gasteiger charge is 2.13. The first-order chi connectivity index (χ1) is 9.65. The molecule has 3 nitrogen and oxygen atoms in total. The molecule has 1 heterocycles. The first kappa shape index (κ1) is 13.3. The van der Waals surface area contributed by atoms with E-state index >= 15 is 0 Å². The maximum Gasteiger partial charge on any atom is 0.129 e. The Labute approximate surface area is 124 Å². The van der Waals surface area contributed by atoms with Gasteiger partial charge in [-0.25, -0.2) is 4.39 Å². The normalized spacial score (nSPS) is 12.6. The number of hydrogen-bond donors (Lipinski definition) is 1. The van der Waals surface area contributed by atoms with Crippen LogP contribution in [0.4, 0.5) is 10.1 Å². The standard InChI is InChI=1S/C14H11ClFN3S/c1-8(9-2-4-10(16)5-3-9)17-13-11(15)6-7-12-14(13)19-20-18-12/h2-8,17H,1H3. The molecule has 2 aromatic carbocycles. The van der Waals surface area contributed by atoms with Gasteiger partial charge in [0.25, 0.3) is 0 Å². The van der Waals surface area contributed by atoms with E-state index in [1.165, 1.54) is 12.1 Å². The third-order valence-electron chi connectivity index (χ3n) is 3.11. The van der Waals surface area contributed by atoms with E-state index in [1.54, 1.807) is 18.2 Å². The van der Waals surface area contributed by atoms with E-state index in [9.17, 15) is 4.39 Å². The van der Waals surface area contributed by atoms with Crippen LogP contribution in [0.25, 0.3) is 11.0 Å². The van der Waals surface area contributed by atoms with Crippen LogP contribution in [0.3, 0.4) is 0 Å². The van der Waals surface area contributed by atoms with E-state index in [0.717, 1.165) is 34.0 Å². The molecule has 0 aliphatic rings. The smallest absolute Gasteiger partial charge is 0.129 e. The molecule has 0 aliphatic carbocycles. The van der Waals surface area contributed by atoms with Crippen molar-refractivity contribution in [1.29, 1.82) is 0 Å². The lowest BCUT2D eigenvalue weighted by Gasteiger charge is -2.17. The van der Waals surface area contributed by atoms with Crippen molar-refractivity contribution in [2.24, 2.45) is 0 Å². The topological polar surface area (TPSA) is 37.8 Å². The average molecular weight is 308 g/mol. The van der Waals surface area contributed by atoms with Crippen molar-refractivity contribution >= 4 is 40.0 Å². The highest BCUT2D eigenvalue weighted by molar-refractivity contribution is 7.00. The highest BCUT2D eigenvalue weighted by atomic mass is 35.5. The van der Waals surface area contributed by atoms with Gasteiger partial charge in [-0.05, 0) is 36.8 Å². The van der Waals surface area contributed by atoms with Crippen LogP contribution < -0.4 is 5.32 Å². The fourth-order valence-corrected chi connectivity index (χ4v) is 2.77. The molecule has 6 heteroatoms. The number of rotatable bonds is 3. The second-order valence-electron chi connectivity index (χ2n) is 4.47. The van der Waals surface area contributed by atoms with Gasteiger partial charge < -0.3 is 5.32 Å². The molecular formula is C14H11ClFN3S. The lowest BCUT2D eigenvalue weighted by Crippen LogP contribution is -2.07. The number of nitrogens with zero attached hydrogens (tertiary/aromatic N) is 2. The summed E-state index contributed by atoms with van der Waals surface area (Å²) in [6.07, 6.45) is 0. The number of hydrogen-bond acceptors (Lipinski definition) is 4. The summed E-state index contributed by atoms with van der Waals surface area (Å²) >= 11 is 7.38. The van der Waals surface area contributed by atoms with Crippen molar-refractivity contribution in [3.05, 3.63) is 52.8 Å². The summed E-state index contributed by atoms with van der Waals surface area (Å²) in [4.78, 5) is 0. The summed E-state index contributed by atoms with van der Waals surface area (Å²) < 4.78 is 21.4. The molecule has 0 saturated heterocycles. The summed E-state index contributed by atoms with van der Waals surface area (Å²) in [7, 11) is 0. The minimum absolute atomic E-state index is 0.0135. The molecule has 1 aromatic heterocycles. The SMILES string of the molecule is CC(Nc1c(Cl)ccc2nsnc12)c1ccc(F)cc1. The van der Waals surface area contributed by atoms with Gasteiger partial charge in [0.2, 0.25) is 0 Å². The van der Waals surface area contributed by atoms with Crippen molar-refractivity contribution in [3.8, 4) is 0 Å². The summed E-state index contributed by atoms with van der Waals surface area (Å²) in [5.74, 6) is -0.246. The summed E-state index contributed by atoms with van der Waals surface area (Å²) in [6, 6.07) is 10.0. The highest BCUT2D eigenvalue weighted by Crippen LogP contribution is 2.32. The van der Waals surface area contributed by atoms with Crippen LogP contribution >= 0.6 is 23.3 Å². The maximum atomic E-state index is 12.9. The molecule has 0 bridgehead atoms. The van der Waals surface area contributed by atoms with Crippen LogP contribution in [-0.2, 0) is 0 Å². The van der Waals surface area contributed by atoms with Crippen LogP contribution in [0, 0.1) is 5.82 Å². The molecule has 0 radical (unpaired) electrons. The molecule has 0 fully saturated rings. The van der Waals surface area contributed by atoms with Crippen molar-refractivity contribution < 1.29 is 4.39 Å². The van der Waals surface area contributed by atoms with Gasteiger partial charge >= 0.3 is 0 Å². The Hall–Kier alpha value is -1.72. The van der Waals surface area contributed by atoms with Crippen LogP contribution in [0.15, 0.2) is 36.4 Å². The molecule has 3 aromatic rings. The number of anilines is 1. The Morgan fingerprint density at radius 3 is 2.65 bits per heavy atom. The van der Waals surface area contributed by atoms with E-state index in [-0.39, 0.29) is 11.9 Å². The summed E-state index contributed by atoms with van der Waals surface area (Å²) in [5, 5.41) is 3.92. The summed E-state index contributed by atoms with van der Waals surface area (Å²) in [6.45, 7) is 1.99. The van der Waals surface area contributed by atoms with Crippen LogP contribution in [0.2, 0.25) is 5.02 Å². The second kappa shape index (κ2) is 5.34. The predicted molar refractivity (Wildman–Crippen MR) is 80.9 cm³/mol. The fourth-order valence-electron chi connectivity index (χ4n) is 2.02. The third kappa shape index (κ3) is 2.46. The van der Waals surface area contributed by atoms with Gasteiger partial charge in [-0.3, -0.25) is 0 Å². The van der Waals surface area contributed by atoms with E-state index in [4.69, 9.17) is 11.6 Å². The van der Waals surface area contributed by atoms with E-state index in [2.05, 4.69) is 14.1 Å². The monoisotopic (exact) mass is 307 g/mol. The number of halogens is 2. The van der Waals surface area contributed by atoms with Crippen LogP contribution in [0.5, 0.6) is 0 Å². The fraction of sp³-hybridized carbons (Fsp3) is 0.143. The van der Waals surface area contributed by atoms with Gasteiger partial charge in [-0.1, -0.05) is 23.7 Å². The van der Waals surface area contributed by atoms with Gasteiger partial charge in [0, 0.05) is 6.04 Å². The lowest BCUT2D eigenvalue weighted by molar-refractivity contribution is 0.626. The molecule has 20 heavy (non-hydrogen) atoms. The van der Waals surface area contributed by atoms with Crippen molar-refractivity contribution in [3.63, 3.8) is 0 Å². The zero-order valence-electron chi connectivity index (χ0n) is 10.6. The number of benzene rings is 2. The molecule has 0 aliphatic heterocycles. The molecule has 102 valence electrons. The van der Waals surface area contributed by atoms with Gasteiger partial charge in [0.05, 0.1) is 22.4 Å². The van der Waals surface area contributed by atoms with E-state index in [0.29, 0.717) is 5.02 Å². The Morgan fingerprint density at radius 1 is 1.15 bits per heavy atom. The first-order valence-electron chi connectivity index (χ1n) is 6.08. The lowest BCUT2D eigenvalue weighted by atomic mass is 10.1. The Kier molecular flexibility index (Phi) is 3.54. The van der Waals surface area contributed by atoms with Gasteiger partial charge in [-0.15, -0.1) is 0 Å². The molecule has 1 atom stereocenters. The minimum atomic E-state index is -0.246. The summed E-state index contributed by atoms with van der Waals surface area (Å²) in [5.41, 5.74) is 3.31. The second-order valence-corrected chi connectivity index (χ2v) is 5.41. The molecule has 1 unspecified atom stereocenters.